The lowest BCUT2D eigenvalue weighted by Gasteiger charge is -2.27. The van der Waals surface area contributed by atoms with Gasteiger partial charge in [0.2, 0.25) is 0 Å². The summed E-state index contributed by atoms with van der Waals surface area (Å²) < 4.78 is 0. The van der Waals surface area contributed by atoms with Crippen LogP contribution >= 0.6 is 23.5 Å². The van der Waals surface area contributed by atoms with Crippen molar-refractivity contribution in [2.75, 3.05) is 18.1 Å². The van der Waals surface area contributed by atoms with Crippen molar-refractivity contribution in [3.05, 3.63) is 27.9 Å². The highest BCUT2D eigenvalue weighted by Crippen LogP contribution is 2.40. The molecule has 2 atom stereocenters. The van der Waals surface area contributed by atoms with E-state index in [4.69, 9.17) is 5.73 Å². The summed E-state index contributed by atoms with van der Waals surface area (Å²) in [6.07, 6.45) is 0.663. The van der Waals surface area contributed by atoms with Gasteiger partial charge in [-0.3, -0.25) is 4.79 Å². The number of rotatable bonds is 3. The monoisotopic (exact) mass is 271 g/mol. The molecule has 0 amide bonds. The zero-order valence-corrected chi connectivity index (χ0v) is 11.4. The Kier molecular flexibility index (Phi) is 4.53. The van der Waals surface area contributed by atoms with E-state index in [1.54, 1.807) is 6.07 Å². The van der Waals surface area contributed by atoms with Gasteiger partial charge in [-0.2, -0.15) is 11.8 Å². The van der Waals surface area contributed by atoms with Crippen molar-refractivity contribution in [1.29, 1.82) is 0 Å². The predicted molar refractivity (Wildman–Crippen MR) is 74.7 cm³/mol. The van der Waals surface area contributed by atoms with Gasteiger partial charge in [0.15, 0.2) is 0 Å². The molecule has 0 radical (unpaired) electrons. The minimum Gasteiger partial charge on any atom is -0.330 e. The molecule has 1 fully saturated rings. The van der Waals surface area contributed by atoms with Crippen molar-refractivity contribution in [2.45, 2.75) is 23.8 Å². The third-order valence-electron chi connectivity index (χ3n) is 2.67. The molecule has 0 aliphatic carbocycles. The Balaban J connectivity index is 2.27. The van der Waals surface area contributed by atoms with Gasteiger partial charge in [-0.15, -0.1) is 11.8 Å². The van der Waals surface area contributed by atoms with Gasteiger partial charge < -0.3 is 10.7 Å². The second-order valence-electron chi connectivity index (χ2n) is 4.03. The lowest BCUT2D eigenvalue weighted by atomic mass is 10.2. The minimum atomic E-state index is -0.0678. The van der Waals surface area contributed by atoms with Crippen LogP contribution in [0.3, 0.4) is 0 Å². The van der Waals surface area contributed by atoms with Crippen molar-refractivity contribution >= 4 is 23.5 Å². The summed E-state index contributed by atoms with van der Waals surface area (Å²) in [4.78, 5) is 19.0. The van der Waals surface area contributed by atoms with Gasteiger partial charge in [0.05, 0.1) is 5.25 Å². The third kappa shape index (κ3) is 3.26. The Bertz CT molecular complexity index is 435. The van der Waals surface area contributed by atoms with Gasteiger partial charge in [0.25, 0.3) is 5.56 Å². The minimum absolute atomic E-state index is 0.0678. The molecule has 1 aromatic rings. The first kappa shape index (κ1) is 13.0. The number of aromatic amines is 1. The average molecular weight is 271 g/mol. The van der Waals surface area contributed by atoms with Gasteiger partial charge in [0, 0.05) is 34.9 Å². The highest BCUT2D eigenvalue weighted by atomic mass is 32.2. The van der Waals surface area contributed by atoms with E-state index in [1.165, 1.54) is 5.75 Å². The maximum atomic E-state index is 11.6. The van der Waals surface area contributed by atoms with Gasteiger partial charge in [-0.1, -0.05) is 6.92 Å². The smallest absolute Gasteiger partial charge is 0.251 e. The van der Waals surface area contributed by atoms with E-state index in [2.05, 4.69) is 16.9 Å². The van der Waals surface area contributed by atoms with Crippen LogP contribution in [0.25, 0.3) is 0 Å². The van der Waals surface area contributed by atoms with Crippen LogP contribution in [0.5, 0.6) is 0 Å². The highest BCUT2D eigenvalue weighted by molar-refractivity contribution is 8.06. The van der Waals surface area contributed by atoms with Gasteiger partial charge in [0.1, 0.15) is 5.82 Å². The number of nitrogens with zero attached hydrogens (tertiary/aromatic N) is 1. The zero-order valence-electron chi connectivity index (χ0n) is 9.81. The maximum Gasteiger partial charge on any atom is 0.251 e. The molecule has 6 heteroatoms. The first-order valence-electron chi connectivity index (χ1n) is 5.74. The fourth-order valence-electron chi connectivity index (χ4n) is 1.87. The fourth-order valence-corrected chi connectivity index (χ4v) is 4.58. The number of nitrogens with two attached hydrogens (primary N) is 1. The summed E-state index contributed by atoms with van der Waals surface area (Å²) >= 11 is 3.81. The van der Waals surface area contributed by atoms with Crippen LogP contribution in [0.4, 0.5) is 0 Å². The molecule has 1 aliphatic heterocycles. The first-order valence-corrected chi connectivity index (χ1v) is 7.84. The number of nitrogens with one attached hydrogen (secondary N) is 1. The van der Waals surface area contributed by atoms with Crippen molar-refractivity contribution in [3.8, 4) is 0 Å². The van der Waals surface area contributed by atoms with E-state index in [0.29, 0.717) is 23.5 Å². The molecular weight excluding hydrogens is 254 g/mol. The Morgan fingerprint density at radius 3 is 3.00 bits per heavy atom. The van der Waals surface area contributed by atoms with Crippen LogP contribution in [-0.4, -0.2) is 33.3 Å². The van der Waals surface area contributed by atoms with Gasteiger partial charge in [-0.05, 0) is 6.54 Å². The molecule has 0 aromatic carbocycles. The summed E-state index contributed by atoms with van der Waals surface area (Å²) in [5.41, 5.74) is 6.24. The van der Waals surface area contributed by atoms with Crippen LogP contribution in [0.15, 0.2) is 10.9 Å². The number of H-pyrrole nitrogens is 1. The summed E-state index contributed by atoms with van der Waals surface area (Å²) in [6.45, 7) is 2.72. The molecule has 0 bridgehead atoms. The normalized spacial score (nSPS) is 24.8. The Morgan fingerprint density at radius 2 is 2.29 bits per heavy atom. The lowest BCUT2D eigenvalue weighted by Crippen LogP contribution is -2.23. The Hall–Kier alpha value is -0.460. The van der Waals surface area contributed by atoms with Crippen LogP contribution < -0.4 is 11.3 Å². The second kappa shape index (κ2) is 5.93. The Labute approximate surface area is 109 Å². The molecular formula is C11H17N3OS2. The summed E-state index contributed by atoms with van der Waals surface area (Å²) in [5, 5.41) is 0.782. The molecule has 1 aromatic heterocycles. The van der Waals surface area contributed by atoms with Crippen LogP contribution in [0, 0.1) is 0 Å². The summed E-state index contributed by atoms with van der Waals surface area (Å²) in [5.74, 6) is 3.10. The molecule has 2 unspecified atom stereocenters. The summed E-state index contributed by atoms with van der Waals surface area (Å²) in [6, 6.07) is 1.54. The average Bonchev–Trinajstić information content (AvgIpc) is 2.29. The van der Waals surface area contributed by atoms with Gasteiger partial charge in [-0.25, -0.2) is 4.98 Å². The topological polar surface area (TPSA) is 71.8 Å². The van der Waals surface area contributed by atoms with Crippen molar-refractivity contribution < 1.29 is 0 Å². The molecule has 2 rings (SSSR count). The van der Waals surface area contributed by atoms with E-state index in [1.807, 2.05) is 23.5 Å². The van der Waals surface area contributed by atoms with Crippen LogP contribution in [0.2, 0.25) is 0 Å². The lowest BCUT2D eigenvalue weighted by molar-refractivity contribution is 0.785. The molecule has 2 heterocycles. The van der Waals surface area contributed by atoms with E-state index in [0.717, 1.165) is 17.3 Å². The number of aromatic nitrogens is 2. The molecule has 3 N–H and O–H groups in total. The summed E-state index contributed by atoms with van der Waals surface area (Å²) in [7, 11) is 0. The maximum absolute atomic E-state index is 11.6. The van der Waals surface area contributed by atoms with E-state index in [9.17, 15) is 4.79 Å². The largest absolute Gasteiger partial charge is 0.330 e. The number of hydrogen-bond donors (Lipinski definition) is 2. The second-order valence-corrected chi connectivity index (χ2v) is 6.76. The molecule has 1 saturated heterocycles. The van der Waals surface area contributed by atoms with Crippen LogP contribution in [-0.2, 0) is 6.42 Å². The van der Waals surface area contributed by atoms with E-state index in [-0.39, 0.29) is 5.56 Å². The van der Waals surface area contributed by atoms with Crippen molar-refractivity contribution in [3.63, 3.8) is 0 Å². The van der Waals surface area contributed by atoms with Crippen molar-refractivity contribution in [2.24, 2.45) is 5.73 Å². The van der Waals surface area contributed by atoms with Gasteiger partial charge >= 0.3 is 0 Å². The molecule has 17 heavy (non-hydrogen) atoms. The predicted octanol–water partition coefficient (Wildman–Crippen LogP) is 1.18. The third-order valence-corrected chi connectivity index (χ3v) is 5.77. The quantitative estimate of drug-likeness (QED) is 0.864. The first-order chi connectivity index (χ1) is 8.20. The fraction of sp³-hybridized carbons (Fsp3) is 0.636. The molecule has 1 aliphatic rings. The van der Waals surface area contributed by atoms with E-state index < -0.39 is 0 Å². The standard InChI is InChI=1S/C11H17N3OS2/c1-7-10(17-5-4-16-7)11-13-8(2-3-12)6-9(15)14-11/h6-7,10H,2-5,12H2,1H3,(H,13,14,15). The van der Waals surface area contributed by atoms with Crippen molar-refractivity contribution in [1.82, 2.24) is 9.97 Å². The molecule has 0 saturated carbocycles. The number of hydrogen-bond acceptors (Lipinski definition) is 5. The SMILES string of the molecule is CC1SCCSC1c1nc(CCN)cc(=O)[nH]1. The molecule has 0 spiro atoms. The number of thioether (sulfide) groups is 2. The highest BCUT2D eigenvalue weighted by Gasteiger charge is 2.26. The molecule has 94 valence electrons. The molecule has 4 nitrogen and oxygen atoms in total. The Morgan fingerprint density at radius 1 is 1.53 bits per heavy atom. The van der Waals surface area contributed by atoms with E-state index >= 15 is 0 Å². The van der Waals surface area contributed by atoms with Crippen LogP contribution in [0.1, 0.15) is 23.7 Å². The zero-order chi connectivity index (χ0) is 12.3.